The molecule has 0 aromatic heterocycles. The van der Waals surface area contributed by atoms with Gasteiger partial charge in [-0.1, -0.05) is 41.9 Å². The van der Waals surface area contributed by atoms with E-state index in [9.17, 15) is 9.59 Å². The fraction of sp³-hybridized carbons (Fsp3) is 0.190. The largest absolute Gasteiger partial charge is 0.490 e. The molecule has 0 saturated carbocycles. The molecule has 0 bridgehead atoms. The number of halogens is 1. The molecule has 0 fully saturated rings. The summed E-state index contributed by atoms with van der Waals surface area (Å²) in [6.07, 6.45) is 1.65. The number of ether oxygens (including phenoxy) is 2. The van der Waals surface area contributed by atoms with E-state index in [1.165, 1.54) is 6.92 Å². The van der Waals surface area contributed by atoms with Crippen LogP contribution in [0, 0.1) is 0 Å². The summed E-state index contributed by atoms with van der Waals surface area (Å²) in [5, 5.41) is 3.14. The van der Waals surface area contributed by atoms with E-state index in [4.69, 9.17) is 21.1 Å². The van der Waals surface area contributed by atoms with Crippen LogP contribution in [-0.4, -0.2) is 23.6 Å². The average Bonchev–Trinajstić information content (AvgIpc) is 3.00. The highest BCUT2D eigenvalue weighted by Gasteiger charge is 2.23. The van der Waals surface area contributed by atoms with Gasteiger partial charge in [-0.15, -0.1) is 0 Å². The molecule has 0 atom stereocenters. The Morgan fingerprint density at radius 3 is 2.69 bits per heavy atom. The lowest BCUT2D eigenvalue weighted by atomic mass is 10.1. The maximum absolute atomic E-state index is 12.1. The molecule has 1 heterocycles. The summed E-state index contributed by atoms with van der Waals surface area (Å²) >= 11 is 7.54. The summed E-state index contributed by atoms with van der Waals surface area (Å²) in [7, 11) is 0. The normalized spacial score (nSPS) is 14.7. The second-order valence-electron chi connectivity index (χ2n) is 6.05. The van der Waals surface area contributed by atoms with Crippen molar-refractivity contribution in [2.45, 2.75) is 20.5 Å². The van der Waals surface area contributed by atoms with Gasteiger partial charge in [0.1, 0.15) is 6.61 Å². The number of carbonyl (C=O) groups is 2. The van der Waals surface area contributed by atoms with Crippen LogP contribution < -0.4 is 14.8 Å². The standard InChI is InChI=1S/C21H19ClN2O4S/c1-3-27-17-10-15(11-18-20(26)24-21(29-18)23-13(2)25)9-16(22)19(17)28-12-14-7-5-4-6-8-14/h4-11H,3,12H2,1-2H3,(H,23,24,25,26). The minimum Gasteiger partial charge on any atom is -0.490 e. The van der Waals surface area contributed by atoms with E-state index in [1.807, 2.05) is 37.3 Å². The Hall–Kier alpha value is -2.77. The molecule has 0 saturated heterocycles. The molecule has 2 aromatic carbocycles. The predicted molar refractivity (Wildman–Crippen MR) is 115 cm³/mol. The highest BCUT2D eigenvalue weighted by Crippen LogP contribution is 2.38. The number of hydrogen-bond donors (Lipinski definition) is 1. The average molecular weight is 431 g/mol. The molecule has 8 heteroatoms. The van der Waals surface area contributed by atoms with Gasteiger partial charge in [0.15, 0.2) is 16.7 Å². The van der Waals surface area contributed by atoms with E-state index in [0.717, 1.165) is 17.3 Å². The van der Waals surface area contributed by atoms with E-state index in [1.54, 1.807) is 18.2 Å². The summed E-state index contributed by atoms with van der Waals surface area (Å²) < 4.78 is 11.6. The van der Waals surface area contributed by atoms with Crippen LogP contribution in [0.15, 0.2) is 52.4 Å². The van der Waals surface area contributed by atoms with Gasteiger partial charge in [-0.25, -0.2) is 0 Å². The Kier molecular flexibility index (Phi) is 6.95. The molecule has 29 heavy (non-hydrogen) atoms. The van der Waals surface area contributed by atoms with E-state index in [2.05, 4.69) is 10.3 Å². The van der Waals surface area contributed by atoms with Crippen LogP contribution in [0.25, 0.3) is 6.08 Å². The van der Waals surface area contributed by atoms with Crippen molar-refractivity contribution in [2.75, 3.05) is 6.61 Å². The molecule has 0 radical (unpaired) electrons. The summed E-state index contributed by atoms with van der Waals surface area (Å²) in [4.78, 5) is 27.4. The quantitative estimate of drug-likeness (QED) is 0.686. The Morgan fingerprint density at radius 2 is 2.00 bits per heavy atom. The Labute approximate surface area is 177 Å². The highest BCUT2D eigenvalue weighted by atomic mass is 35.5. The van der Waals surface area contributed by atoms with Crippen molar-refractivity contribution in [1.82, 2.24) is 5.32 Å². The maximum Gasteiger partial charge on any atom is 0.286 e. The van der Waals surface area contributed by atoms with Gasteiger partial charge in [0, 0.05) is 6.92 Å². The van der Waals surface area contributed by atoms with Crippen LogP contribution in [0.5, 0.6) is 11.5 Å². The maximum atomic E-state index is 12.1. The molecule has 1 aliphatic rings. The van der Waals surface area contributed by atoms with Crippen LogP contribution in [0.2, 0.25) is 5.02 Å². The molecule has 1 aliphatic heterocycles. The number of benzene rings is 2. The van der Waals surface area contributed by atoms with Gasteiger partial charge in [-0.3, -0.25) is 9.59 Å². The zero-order valence-corrected chi connectivity index (χ0v) is 17.5. The number of aliphatic imine (C=N–C) groups is 1. The van der Waals surface area contributed by atoms with E-state index in [-0.39, 0.29) is 11.1 Å². The number of nitrogens with one attached hydrogen (secondary N) is 1. The van der Waals surface area contributed by atoms with Gasteiger partial charge in [0.25, 0.3) is 5.91 Å². The van der Waals surface area contributed by atoms with Gasteiger partial charge in [-0.2, -0.15) is 4.99 Å². The molecule has 6 nitrogen and oxygen atoms in total. The zero-order valence-electron chi connectivity index (χ0n) is 15.9. The molecular formula is C21H19ClN2O4S. The number of rotatable bonds is 6. The second kappa shape index (κ2) is 9.62. The molecule has 0 aliphatic carbocycles. The summed E-state index contributed by atoms with van der Waals surface area (Å²) in [6.45, 7) is 4.01. The van der Waals surface area contributed by atoms with E-state index >= 15 is 0 Å². The topological polar surface area (TPSA) is 77.0 Å². The smallest absolute Gasteiger partial charge is 0.286 e. The van der Waals surface area contributed by atoms with Crippen LogP contribution >= 0.6 is 23.4 Å². The number of nitrogens with zero attached hydrogens (tertiary/aromatic N) is 1. The second-order valence-corrected chi connectivity index (χ2v) is 7.49. The number of amidine groups is 1. The lowest BCUT2D eigenvalue weighted by molar-refractivity contribution is -0.117. The summed E-state index contributed by atoms with van der Waals surface area (Å²) in [5.41, 5.74) is 1.67. The Morgan fingerprint density at radius 1 is 1.24 bits per heavy atom. The van der Waals surface area contributed by atoms with Gasteiger partial charge in [-0.05, 0) is 48.0 Å². The number of carbonyl (C=O) groups excluding carboxylic acids is 2. The third-order valence-electron chi connectivity index (χ3n) is 3.76. The van der Waals surface area contributed by atoms with Crippen LogP contribution in [0.1, 0.15) is 25.0 Å². The Bertz CT molecular complexity index is 990. The number of hydrogen-bond acceptors (Lipinski definition) is 5. The number of amides is 2. The van der Waals surface area contributed by atoms with Gasteiger partial charge >= 0.3 is 0 Å². The third-order valence-corrected chi connectivity index (χ3v) is 4.94. The Balaban J connectivity index is 1.82. The third kappa shape index (κ3) is 5.62. The molecule has 150 valence electrons. The van der Waals surface area contributed by atoms with Crippen molar-refractivity contribution in [2.24, 2.45) is 4.99 Å². The van der Waals surface area contributed by atoms with Crippen molar-refractivity contribution >= 4 is 46.4 Å². The van der Waals surface area contributed by atoms with Gasteiger partial charge in [0.2, 0.25) is 5.91 Å². The van der Waals surface area contributed by atoms with Crippen molar-refractivity contribution in [3.05, 3.63) is 63.5 Å². The summed E-state index contributed by atoms with van der Waals surface area (Å²) in [5.74, 6) is 0.227. The monoisotopic (exact) mass is 430 g/mol. The minimum atomic E-state index is -0.419. The van der Waals surface area contributed by atoms with Gasteiger partial charge in [0.05, 0.1) is 16.5 Å². The lowest BCUT2D eigenvalue weighted by Crippen LogP contribution is -2.23. The van der Waals surface area contributed by atoms with Crippen molar-refractivity contribution in [3.8, 4) is 11.5 Å². The molecule has 0 spiro atoms. The lowest BCUT2D eigenvalue weighted by Gasteiger charge is -2.14. The SMILES string of the molecule is CCOc1cc(C=C2SC(NC(C)=O)=NC2=O)cc(Cl)c1OCc1ccccc1. The fourth-order valence-electron chi connectivity index (χ4n) is 2.57. The van der Waals surface area contributed by atoms with Crippen LogP contribution in [-0.2, 0) is 16.2 Å². The molecule has 1 N–H and O–H groups in total. The molecule has 3 rings (SSSR count). The zero-order chi connectivity index (χ0) is 20.8. The van der Waals surface area contributed by atoms with E-state index in [0.29, 0.717) is 40.2 Å². The fourth-order valence-corrected chi connectivity index (χ4v) is 3.70. The molecular weight excluding hydrogens is 412 g/mol. The van der Waals surface area contributed by atoms with E-state index < -0.39 is 5.91 Å². The van der Waals surface area contributed by atoms with Gasteiger partial charge < -0.3 is 14.8 Å². The molecule has 2 amide bonds. The summed E-state index contributed by atoms with van der Waals surface area (Å²) in [6, 6.07) is 13.2. The highest BCUT2D eigenvalue weighted by molar-refractivity contribution is 8.18. The van der Waals surface area contributed by atoms with Crippen LogP contribution in [0.3, 0.4) is 0 Å². The van der Waals surface area contributed by atoms with Crippen molar-refractivity contribution in [1.29, 1.82) is 0 Å². The minimum absolute atomic E-state index is 0.257. The first-order valence-corrected chi connectivity index (χ1v) is 10.1. The first-order chi connectivity index (χ1) is 14.0. The predicted octanol–water partition coefficient (Wildman–Crippen LogP) is 4.42. The first-order valence-electron chi connectivity index (χ1n) is 8.89. The molecule has 2 aromatic rings. The van der Waals surface area contributed by atoms with Crippen LogP contribution in [0.4, 0.5) is 0 Å². The van der Waals surface area contributed by atoms with Crippen molar-refractivity contribution in [3.63, 3.8) is 0 Å². The molecule has 0 unspecified atom stereocenters. The number of thioether (sulfide) groups is 1. The first kappa shape index (κ1) is 21.0. The van der Waals surface area contributed by atoms with Crippen molar-refractivity contribution < 1.29 is 19.1 Å².